The van der Waals surface area contributed by atoms with Gasteiger partial charge in [0.2, 0.25) is 5.96 Å². The molecule has 92 valence electrons. The van der Waals surface area contributed by atoms with Crippen molar-refractivity contribution in [3.05, 3.63) is 0 Å². The van der Waals surface area contributed by atoms with Gasteiger partial charge in [0, 0.05) is 13.1 Å². The number of hydrogen-bond donors (Lipinski definition) is 2. The molecule has 0 saturated carbocycles. The van der Waals surface area contributed by atoms with E-state index < -0.39 is 0 Å². The van der Waals surface area contributed by atoms with Gasteiger partial charge in [-0.3, -0.25) is 4.79 Å². The number of hydrogen-bond acceptors (Lipinski definition) is 4. The third kappa shape index (κ3) is 3.60. The van der Waals surface area contributed by atoms with Crippen molar-refractivity contribution in [2.75, 3.05) is 19.7 Å². The van der Waals surface area contributed by atoms with Crippen molar-refractivity contribution in [1.29, 1.82) is 0 Å². The van der Waals surface area contributed by atoms with Crippen molar-refractivity contribution in [2.45, 2.75) is 26.2 Å². The van der Waals surface area contributed by atoms with Crippen LogP contribution in [0, 0.1) is 5.92 Å². The summed E-state index contributed by atoms with van der Waals surface area (Å²) in [5.74, 6) is 0.176. The lowest BCUT2D eigenvalue weighted by molar-refractivity contribution is -0.144. The molecule has 1 aliphatic heterocycles. The van der Waals surface area contributed by atoms with E-state index in [-0.39, 0.29) is 17.8 Å². The van der Waals surface area contributed by atoms with Crippen molar-refractivity contribution in [3.8, 4) is 0 Å². The molecule has 1 saturated heterocycles. The Balaban J connectivity index is 2.41. The van der Waals surface area contributed by atoms with Crippen LogP contribution < -0.4 is 5.73 Å². The van der Waals surface area contributed by atoms with Crippen LogP contribution in [0.3, 0.4) is 0 Å². The Morgan fingerprint density at radius 3 is 3.06 bits per heavy atom. The highest BCUT2D eigenvalue weighted by Gasteiger charge is 2.23. The minimum absolute atomic E-state index is 0.119. The number of esters is 1. The topological polar surface area (TPSA) is 88.2 Å². The van der Waals surface area contributed by atoms with Gasteiger partial charge in [0.05, 0.1) is 13.0 Å². The Kier molecular flexibility index (Phi) is 4.88. The summed E-state index contributed by atoms with van der Waals surface area (Å²) in [6, 6.07) is 0. The summed E-state index contributed by atoms with van der Waals surface area (Å²) in [4.78, 5) is 13.1. The average Bonchev–Trinajstić information content (AvgIpc) is 2.28. The molecule has 0 aromatic heterocycles. The van der Waals surface area contributed by atoms with Crippen LogP contribution in [-0.2, 0) is 9.53 Å². The van der Waals surface area contributed by atoms with E-state index in [0.29, 0.717) is 19.6 Å². The normalized spacial score (nSPS) is 21.9. The minimum Gasteiger partial charge on any atom is -0.466 e. The lowest BCUT2D eigenvalue weighted by Gasteiger charge is -2.32. The number of likely N-dealkylation sites (tertiary alicyclic amines) is 1. The molecule has 1 rings (SSSR count). The summed E-state index contributed by atoms with van der Waals surface area (Å²) < 4.78 is 4.90. The summed E-state index contributed by atoms with van der Waals surface area (Å²) >= 11 is 0. The highest BCUT2D eigenvalue weighted by molar-refractivity contribution is 5.77. The first-order valence-electron chi connectivity index (χ1n) is 5.55. The molecule has 3 N–H and O–H groups in total. The summed E-state index contributed by atoms with van der Waals surface area (Å²) in [5, 5.41) is 11.5. The maximum absolute atomic E-state index is 11.3. The minimum atomic E-state index is -0.172. The van der Waals surface area contributed by atoms with E-state index in [1.165, 1.54) is 0 Å². The van der Waals surface area contributed by atoms with Crippen LogP contribution in [-0.4, -0.2) is 41.7 Å². The van der Waals surface area contributed by atoms with Gasteiger partial charge in [-0.1, -0.05) is 5.16 Å². The first-order chi connectivity index (χ1) is 7.67. The number of nitrogens with zero attached hydrogens (tertiary/aromatic N) is 2. The first kappa shape index (κ1) is 12.6. The number of piperidine rings is 1. The molecule has 1 unspecified atom stereocenters. The van der Waals surface area contributed by atoms with E-state index in [1.54, 1.807) is 11.8 Å². The molecule has 0 aromatic carbocycles. The fraction of sp³-hybridized carbons (Fsp3) is 0.800. The van der Waals surface area contributed by atoms with Crippen LogP contribution in [0.4, 0.5) is 0 Å². The zero-order chi connectivity index (χ0) is 12.0. The molecule has 0 amide bonds. The maximum atomic E-state index is 11.3. The van der Waals surface area contributed by atoms with Crippen LogP contribution in [0.1, 0.15) is 26.2 Å². The molecule has 0 aromatic rings. The second-order valence-electron chi connectivity index (χ2n) is 3.92. The van der Waals surface area contributed by atoms with E-state index in [0.717, 1.165) is 19.4 Å². The SMILES string of the molecule is CCOC(=O)CC1CCCN(/C(N)=N/O)C1. The van der Waals surface area contributed by atoms with Gasteiger partial charge in [-0.2, -0.15) is 0 Å². The highest BCUT2D eigenvalue weighted by Crippen LogP contribution is 2.19. The lowest BCUT2D eigenvalue weighted by Crippen LogP contribution is -2.44. The predicted octanol–water partition coefficient (Wildman–Crippen LogP) is 0.355. The molecule has 6 nitrogen and oxygen atoms in total. The zero-order valence-corrected chi connectivity index (χ0v) is 9.56. The molecular weight excluding hydrogens is 210 g/mol. The Bertz CT molecular complexity index is 268. The molecule has 16 heavy (non-hydrogen) atoms. The van der Waals surface area contributed by atoms with Crippen LogP contribution >= 0.6 is 0 Å². The molecule has 0 bridgehead atoms. The summed E-state index contributed by atoms with van der Waals surface area (Å²) in [6.45, 7) is 3.63. The average molecular weight is 229 g/mol. The predicted molar refractivity (Wildman–Crippen MR) is 59.0 cm³/mol. The zero-order valence-electron chi connectivity index (χ0n) is 9.56. The smallest absolute Gasteiger partial charge is 0.306 e. The lowest BCUT2D eigenvalue weighted by atomic mass is 9.95. The van der Waals surface area contributed by atoms with E-state index in [9.17, 15) is 4.79 Å². The molecule has 1 aliphatic rings. The van der Waals surface area contributed by atoms with E-state index in [2.05, 4.69) is 5.16 Å². The molecule has 0 aliphatic carbocycles. The summed E-state index contributed by atoms with van der Waals surface area (Å²) in [6.07, 6.45) is 2.33. The third-order valence-electron chi connectivity index (χ3n) is 2.71. The van der Waals surface area contributed by atoms with Crippen molar-refractivity contribution in [1.82, 2.24) is 4.90 Å². The van der Waals surface area contributed by atoms with Gasteiger partial charge in [0.1, 0.15) is 0 Å². The molecule has 6 heteroatoms. The van der Waals surface area contributed by atoms with Crippen LogP contribution in [0.25, 0.3) is 0 Å². The molecule has 1 heterocycles. The summed E-state index contributed by atoms with van der Waals surface area (Å²) in [7, 11) is 0. The third-order valence-corrected chi connectivity index (χ3v) is 2.71. The second-order valence-corrected chi connectivity index (χ2v) is 3.92. The van der Waals surface area contributed by atoms with Gasteiger partial charge in [0.15, 0.2) is 0 Å². The number of guanidine groups is 1. The molecule has 0 radical (unpaired) electrons. The number of carbonyl (C=O) groups excluding carboxylic acids is 1. The van der Waals surface area contributed by atoms with Crippen molar-refractivity contribution >= 4 is 11.9 Å². The standard InChI is InChI=1S/C10H19N3O3/c1-2-16-9(14)6-8-4-3-5-13(7-8)10(11)12-15/h8,15H,2-7H2,1H3,(H2,11,12). The quantitative estimate of drug-likeness (QED) is 0.240. The first-order valence-corrected chi connectivity index (χ1v) is 5.55. The van der Waals surface area contributed by atoms with Crippen molar-refractivity contribution in [3.63, 3.8) is 0 Å². The van der Waals surface area contributed by atoms with Gasteiger partial charge in [0.25, 0.3) is 0 Å². The van der Waals surface area contributed by atoms with Crippen LogP contribution in [0.5, 0.6) is 0 Å². The Morgan fingerprint density at radius 2 is 2.44 bits per heavy atom. The van der Waals surface area contributed by atoms with Gasteiger partial charge in [-0.05, 0) is 25.7 Å². The Morgan fingerprint density at radius 1 is 1.69 bits per heavy atom. The van der Waals surface area contributed by atoms with Gasteiger partial charge >= 0.3 is 5.97 Å². The number of rotatable bonds is 3. The highest BCUT2D eigenvalue weighted by atomic mass is 16.5. The fourth-order valence-corrected chi connectivity index (χ4v) is 1.96. The van der Waals surface area contributed by atoms with Gasteiger partial charge < -0.3 is 20.6 Å². The number of nitrogens with two attached hydrogens (primary N) is 1. The monoisotopic (exact) mass is 229 g/mol. The Labute approximate surface area is 95.0 Å². The van der Waals surface area contributed by atoms with Crippen molar-refractivity contribution < 1.29 is 14.7 Å². The molecule has 0 spiro atoms. The molecule has 1 fully saturated rings. The number of ether oxygens (including phenoxy) is 1. The molecular formula is C10H19N3O3. The van der Waals surface area contributed by atoms with Gasteiger partial charge in [-0.15, -0.1) is 0 Å². The Hall–Kier alpha value is -1.46. The fourth-order valence-electron chi connectivity index (χ4n) is 1.96. The summed E-state index contributed by atoms with van der Waals surface area (Å²) in [5.41, 5.74) is 5.51. The van der Waals surface area contributed by atoms with E-state index >= 15 is 0 Å². The largest absolute Gasteiger partial charge is 0.466 e. The van der Waals surface area contributed by atoms with Crippen LogP contribution in [0.15, 0.2) is 5.16 Å². The maximum Gasteiger partial charge on any atom is 0.306 e. The van der Waals surface area contributed by atoms with Crippen LogP contribution in [0.2, 0.25) is 0 Å². The van der Waals surface area contributed by atoms with E-state index in [4.69, 9.17) is 15.7 Å². The van der Waals surface area contributed by atoms with E-state index in [1.807, 2.05) is 0 Å². The molecule has 1 atom stereocenters. The number of carbonyl (C=O) groups is 1. The van der Waals surface area contributed by atoms with Gasteiger partial charge in [-0.25, -0.2) is 0 Å². The van der Waals surface area contributed by atoms with Crippen molar-refractivity contribution in [2.24, 2.45) is 16.8 Å². The second kappa shape index (κ2) is 6.19. The number of oxime groups is 1.